The number of aromatic nitrogens is 2. The summed E-state index contributed by atoms with van der Waals surface area (Å²) < 4.78 is 0. The summed E-state index contributed by atoms with van der Waals surface area (Å²) in [5, 5.41) is 0.260. The average molecular weight is 197 g/mol. The van der Waals surface area contributed by atoms with Crippen molar-refractivity contribution in [2.75, 3.05) is 0 Å². The highest BCUT2D eigenvalue weighted by atomic mass is 35.5. The molecule has 2 nitrogen and oxygen atoms in total. The van der Waals surface area contributed by atoms with Crippen LogP contribution in [-0.4, -0.2) is 15.3 Å². The van der Waals surface area contributed by atoms with Gasteiger partial charge in [0.1, 0.15) is 0 Å². The molecule has 1 saturated carbocycles. The van der Waals surface area contributed by atoms with Gasteiger partial charge in [-0.3, -0.25) is 9.97 Å². The Morgan fingerprint density at radius 2 is 2.15 bits per heavy atom. The van der Waals surface area contributed by atoms with Crippen LogP contribution in [0.2, 0.25) is 0 Å². The number of hydrogen-bond donors (Lipinski definition) is 0. The third-order valence-electron chi connectivity index (χ3n) is 2.50. The van der Waals surface area contributed by atoms with Crippen LogP contribution in [0.5, 0.6) is 0 Å². The summed E-state index contributed by atoms with van der Waals surface area (Å²) in [5.74, 6) is 0.725. The maximum Gasteiger partial charge on any atom is 0.0630 e. The fourth-order valence-corrected chi connectivity index (χ4v) is 1.84. The van der Waals surface area contributed by atoms with Gasteiger partial charge in [0, 0.05) is 24.2 Å². The predicted molar refractivity (Wildman–Crippen MR) is 52.8 cm³/mol. The zero-order valence-corrected chi connectivity index (χ0v) is 8.46. The van der Waals surface area contributed by atoms with E-state index in [-0.39, 0.29) is 5.38 Å². The Morgan fingerprint density at radius 3 is 2.77 bits per heavy atom. The molecule has 1 aliphatic carbocycles. The zero-order chi connectivity index (χ0) is 9.26. The van der Waals surface area contributed by atoms with Crippen LogP contribution >= 0.6 is 11.6 Å². The summed E-state index contributed by atoms with van der Waals surface area (Å²) in [6, 6.07) is 0. The highest BCUT2D eigenvalue weighted by Gasteiger charge is 2.30. The van der Waals surface area contributed by atoms with Crippen molar-refractivity contribution in [1.29, 1.82) is 0 Å². The van der Waals surface area contributed by atoms with Gasteiger partial charge in [0.25, 0.3) is 0 Å². The van der Waals surface area contributed by atoms with Crippen LogP contribution < -0.4 is 0 Å². The summed E-state index contributed by atoms with van der Waals surface area (Å²) >= 11 is 6.22. The van der Waals surface area contributed by atoms with Crippen molar-refractivity contribution >= 4 is 11.6 Å². The molecule has 1 aromatic rings. The minimum Gasteiger partial charge on any atom is -0.258 e. The molecule has 1 heterocycles. The number of aryl methyl sites for hydroxylation is 1. The first-order chi connectivity index (χ1) is 6.27. The molecule has 1 aromatic heterocycles. The van der Waals surface area contributed by atoms with Gasteiger partial charge in [-0.25, -0.2) is 0 Å². The highest BCUT2D eigenvalue weighted by Crippen LogP contribution is 2.37. The Hall–Kier alpha value is -0.630. The number of hydrogen-bond acceptors (Lipinski definition) is 2. The second-order valence-corrected chi connectivity index (χ2v) is 4.21. The summed E-state index contributed by atoms with van der Waals surface area (Å²) in [6.45, 7) is 1.98. The van der Waals surface area contributed by atoms with Crippen molar-refractivity contribution in [3.8, 4) is 0 Å². The molecule has 1 unspecified atom stereocenters. The van der Waals surface area contributed by atoms with Crippen LogP contribution in [0.1, 0.15) is 24.2 Å². The van der Waals surface area contributed by atoms with Crippen LogP contribution in [0.25, 0.3) is 0 Å². The Morgan fingerprint density at radius 1 is 1.46 bits per heavy atom. The largest absolute Gasteiger partial charge is 0.258 e. The van der Waals surface area contributed by atoms with Crippen molar-refractivity contribution in [3.63, 3.8) is 0 Å². The summed E-state index contributed by atoms with van der Waals surface area (Å²) in [6.07, 6.45) is 6.89. The zero-order valence-electron chi connectivity index (χ0n) is 7.70. The van der Waals surface area contributed by atoms with Crippen molar-refractivity contribution < 1.29 is 0 Å². The van der Waals surface area contributed by atoms with Gasteiger partial charge >= 0.3 is 0 Å². The monoisotopic (exact) mass is 196 g/mol. The van der Waals surface area contributed by atoms with E-state index in [0.717, 1.165) is 23.7 Å². The molecule has 0 N–H and O–H groups in total. The summed E-state index contributed by atoms with van der Waals surface area (Å²) in [7, 11) is 0. The number of rotatable bonds is 3. The third-order valence-corrected chi connectivity index (χ3v) is 3.02. The predicted octanol–water partition coefficient (Wildman–Crippen LogP) is 2.34. The van der Waals surface area contributed by atoms with Gasteiger partial charge in [0.05, 0.1) is 11.4 Å². The molecule has 0 spiro atoms. The Balaban J connectivity index is 2.03. The Labute approximate surface area is 83.4 Å². The van der Waals surface area contributed by atoms with Gasteiger partial charge in [-0.05, 0) is 25.7 Å². The fourth-order valence-electron chi connectivity index (χ4n) is 1.45. The SMILES string of the molecule is Cc1nccnc1CC(Cl)C1CC1. The van der Waals surface area contributed by atoms with Crippen molar-refractivity contribution in [2.24, 2.45) is 5.92 Å². The molecule has 3 heteroatoms. The van der Waals surface area contributed by atoms with Crippen LogP contribution in [0.3, 0.4) is 0 Å². The molecule has 0 saturated heterocycles. The topological polar surface area (TPSA) is 25.8 Å². The number of nitrogens with zero attached hydrogens (tertiary/aromatic N) is 2. The van der Waals surface area contributed by atoms with Crippen molar-refractivity contribution in [3.05, 3.63) is 23.8 Å². The molecule has 2 rings (SSSR count). The van der Waals surface area contributed by atoms with E-state index >= 15 is 0 Å². The van der Waals surface area contributed by atoms with E-state index in [1.165, 1.54) is 12.8 Å². The fraction of sp³-hybridized carbons (Fsp3) is 0.600. The van der Waals surface area contributed by atoms with Gasteiger partial charge in [-0.1, -0.05) is 0 Å². The van der Waals surface area contributed by atoms with Gasteiger partial charge in [-0.15, -0.1) is 11.6 Å². The first kappa shape index (κ1) is 8.95. The molecule has 0 radical (unpaired) electrons. The Bertz CT molecular complexity index is 297. The minimum atomic E-state index is 0.260. The number of alkyl halides is 1. The van der Waals surface area contributed by atoms with Crippen LogP contribution in [0.4, 0.5) is 0 Å². The second kappa shape index (κ2) is 3.62. The quantitative estimate of drug-likeness (QED) is 0.694. The first-order valence-electron chi connectivity index (χ1n) is 4.68. The van der Waals surface area contributed by atoms with Gasteiger partial charge < -0.3 is 0 Å². The molecule has 1 fully saturated rings. The second-order valence-electron chi connectivity index (χ2n) is 3.65. The lowest BCUT2D eigenvalue weighted by atomic mass is 10.1. The van der Waals surface area contributed by atoms with Crippen molar-refractivity contribution in [1.82, 2.24) is 9.97 Å². The van der Waals surface area contributed by atoms with E-state index in [0.29, 0.717) is 0 Å². The summed E-state index contributed by atoms with van der Waals surface area (Å²) in [5.41, 5.74) is 2.06. The van der Waals surface area contributed by atoms with Gasteiger partial charge in [-0.2, -0.15) is 0 Å². The molecule has 0 bridgehead atoms. The molecule has 0 amide bonds. The molecule has 1 atom stereocenters. The van der Waals surface area contributed by atoms with E-state index < -0.39 is 0 Å². The van der Waals surface area contributed by atoms with Crippen LogP contribution in [0.15, 0.2) is 12.4 Å². The molecule has 0 aliphatic heterocycles. The number of halogens is 1. The standard InChI is InChI=1S/C10H13ClN2/c1-7-10(13-5-4-12-7)6-9(11)8-2-3-8/h4-5,8-9H,2-3,6H2,1H3. The maximum atomic E-state index is 6.22. The van der Waals surface area contributed by atoms with E-state index in [4.69, 9.17) is 11.6 Å². The van der Waals surface area contributed by atoms with E-state index in [1.807, 2.05) is 6.92 Å². The normalized spacial score (nSPS) is 18.6. The molecule has 13 heavy (non-hydrogen) atoms. The third kappa shape index (κ3) is 2.19. The molecule has 70 valence electrons. The molecular weight excluding hydrogens is 184 g/mol. The lowest BCUT2D eigenvalue weighted by Crippen LogP contribution is -2.09. The van der Waals surface area contributed by atoms with E-state index in [2.05, 4.69) is 9.97 Å². The molecule has 1 aliphatic rings. The maximum absolute atomic E-state index is 6.22. The average Bonchev–Trinajstić information content (AvgIpc) is 2.91. The lowest BCUT2D eigenvalue weighted by Gasteiger charge is -2.07. The Kier molecular flexibility index (Phi) is 2.49. The molecule has 0 aromatic carbocycles. The van der Waals surface area contributed by atoms with Gasteiger partial charge in [0.2, 0.25) is 0 Å². The van der Waals surface area contributed by atoms with Crippen LogP contribution in [0, 0.1) is 12.8 Å². The minimum absolute atomic E-state index is 0.260. The smallest absolute Gasteiger partial charge is 0.0630 e. The molecular formula is C10H13ClN2. The van der Waals surface area contributed by atoms with E-state index in [1.54, 1.807) is 12.4 Å². The first-order valence-corrected chi connectivity index (χ1v) is 5.11. The lowest BCUT2D eigenvalue weighted by molar-refractivity contribution is 0.716. The van der Waals surface area contributed by atoms with Crippen molar-refractivity contribution in [2.45, 2.75) is 31.6 Å². The van der Waals surface area contributed by atoms with E-state index in [9.17, 15) is 0 Å². The van der Waals surface area contributed by atoms with Gasteiger partial charge in [0.15, 0.2) is 0 Å². The highest BCUT2D eigenvalue weighted by molar-refractivity contribution is 6.21. The summed E-state index contributed by atoms with van der Waals surface area (Å²) in [4.78, 5) is 8.47. The van der Waals surface area contributed by atoms with Crippen LogP contribution in [-0.2, 0) is 6.42 Å².